The zero-order valence-electron chi connectivity index (χ0n) is 15.3. The summed E-state index contributed by atoms with van der Waals surface area (Å²) in [6.45, 7) is 5.30. The van der Waals surface area contributed by atoms with Gasteiger partial charge >= 0.3 is 0 Å². The third-order valence-electron chi connectivity index (χ3n) is 4.47. The molecule has 0 spiro atoms. The number of rotatable bonds is 6. The van der Waals surface area contributed by atoms with Crippen molar-refractivity contribution in [2.24, 2.45) is 5.92 Å². The number of methoxy groups -OCH3 is 1. The van der Waals surface area contributed by atoms with E-state index >= 15 is 0 Å². The highest BCUT2D eigenvalue weighted by atomic mass is 16.5. The quantitative estimate of drug-likeness (QED) is 0.845. The van der Waals surface area contributed by atoms with Crippen LogP contribution in [0.5, 0.6) is 5.88 Å². The van der Waals surface area contributed by atoms with Crippen molar-refractivity contribution < 1.29 is 18.8 Å². The molecule has 1 amide bonds. The summed E-state index contributed by atoms with van der Waals surface area (Å²) in [5.74, 6) is 1.37. The summed E-state index contributed by atoms with van der Waals surface area (Å²) in [5, 5.41) is 7.08. The van der Waals surface area contributed by atoms with Crippen LogP contribution in [0.2, 0.25) is 0 Å². The van der Waals surface area contributed by atoms with Crippen LogP contribution in [0.1, 0.15) is 60.7 Å². The summed E-state index contributed by atoms with van der Waals surface area (Å²) in [6.07, 6.45) is 3.21. The summed E-state index contributed by atoms with van der Waals surface area (Å²) in [5.41, 5.74) is 0.371. The lowest BCUT2D eigenvalue weighted by Gasteiger charge is -2.28. The predicted octanol–water partition coefficient (Wildman–Crippen LogP) is 2.49. The van der Waals surface area contributed by atoms with Crippen LogP contribution in [0.25, 0.3) is 0 Å². The fourth-order valence-corrected chi connectivity index (χ4v) is 2.98. The second kappa shape index (κ2) is 8.27. The molecular weight excluding hydrogens is 336 g/mol. The van der Waals surface area contributed by atoms with Gasteiger partial charge in [-0.05, 0) is 30.9 Å². The Morgan fingerprint density at radius 3 is 2.77 bits per heavy atom. The van der Waals surface area contributed by atoms with Crippen LogP contribution in [0.3, 0.4) is 0 Å². The first-order valence-corrected chi connectivity index (χ1v) is 8.81. The fraction of sp³-hybridized carbons (Fsp3) is 0.556. The summed E-state index contributed by atoms with van der Waals surface area (Å²) in [6, 6.07) is 3.00. The molecule has 2 aromatic rings. The van der Waals surface area contributed by atoms with Gasteiger partial charge in [-0.15, -0.1) is 0 Å². The Balaban J connectivity index is 1.86. The molecule has 140 valence electrons. The number of hydrogen-bond donors (Lipinski definition) is 1. The standard InChI is InChI=1S/C18H24N4O4/c1-11(2)15-21-18(26-22-15)14(12-6-9-25-10-7-12)20-16(23)13-5-4-8-19-17(13)24-3/h4-5,8,11-12,14H,6-7,9-10H2,1-3H3,(H,20,23)/t14-/m1/s1. The summed E-state index contributed by atoms with van der Waals surface area (Å²) in [4.78, 5) is 21.4. The maximum absolute atomic E-state index is 12.8. The molecule has 8 heteroatoms. The number of nitrogens with zero attached hydrogens (tertiary/aromatic N) is 3. The molecule has 0 bridgehead atoms. The van der Waals surface area contributed by atoms with E-state index < -0.39 is 0 Å². The largest absolute Gasteiger partial charge is 0.480 e. The van der Waals surface area contributed by atoms with Crippen molar-refractivity contribution in [2.75, 3.05) is 20.3 Å². The number of nitrogens with one attached hydrogen (secondary N) is 1. The lowest BCUT2D eigenvalue weighted by molar-refractivity contribution is 0.0467. The number of carbonyl (C=O) groups excluding carboxylic acids is 1. The fourth-order valence-electron chi connectivity index (χ4n) is 2.98. The molecule has 0 unspecified atom stereocenters. The van der Waals surface area contributed by atoms with Crippen LogP contribution in [-0.4, -0.2) is 41.4 Å². The van der Waals surface area contributed by atoms with E-state index in [2.05, 4.69) is 20.4 Å². The molecule has 0 radical (unpaired) electrons. The first kappa shape index (κ1) is 18.3. The predicted molar refractivity (Wildman–Crippen MR) is 92.9 cm³/mol. The van der Waals surface area contributed by atoms with Gasteiger partial charge in [-0.3, -0.25) is 4.79 Å². The molecule has 1 N–H and O–H groups in total. The SMILES string of the molecule is COc1ncccc1C(=O)N[C@@H](c1nc(C(C)C)no1)C1CCOCC1. The van der Waals surface area contributed by atoms with Gasteiger partial charge in [0.1, 0.15) is 11.6 Å². The van der Waals surface area contributed by atoms with Crippen molar-refractivity contribution in [3.05, 3.63) is 35.6 Å². The molecule has 26 heavy (non-hydrogen) atoms. The molecule has 1 fully saturated rings. The first-order valence-electron chi connectivity index (χ1n) is 8.81. The normalized spacial score (nSPS) is 16.5. The molecule has 0 saturated carbocycles. The van der Waals surface area contributed by atoms with Gasteiger partial charge in [0.25, 0.3) is 5.91 Å². The van der Waals surface area contributed by atoms with E-state index in [1.54, 1.807) is 18.3 Å². The Morgan fingerprint density at radius 2 is 2.12 bits per heavy atom. The van der Waals surface area contributed by atoms with Crippen LogP contribution in [0.15, 0.2) is 22.9 Å². The number of pyridine rings is 1. The molecular formula is C18H24N4O4. The highest BCUT2D eigenvalue weighted by molar-refractivity contribution is 5.96. The molecule has 1 aliphatic rings. The van der Waals surface area contributed by atoms with Gasteiger partial charge in [-0.1, -0.05) is 19.0 Å². The maximum atomic E-state index is 12.8. The van der Waals surface area contributed by atoms with E-state index in [-0.39, 0.29) is 29.7 Å². The average molecular weight is 360 g/mol. The Kier molecular flexibility index (Phi) is 5.82. The van der Waals surface area contributed by atoms with Crippen molar-refractivity contribution in [3.63, 3.8) is 0 Å². The molecule has 1 saturated heterocycles. The zero-order chi connectivity index (χ0) is 18.5. The summed E-state index contributed by atoms with van der Waals surface area (Å²) in [7, 11) is 1.49. The Labute approximate surface area is 152 Å². The highest BCUT2D eigenvalue weighted by Gasteiger charge is 2.32. The highest BCUT2D eigenvalue weighted by Crippen LogP contribution is 2.30. The van der Waals surface area contributed by atoms with Crippen molar-refractivity contribution in [1.82, 2.24) is 20.4 Å². The topological polar surface area (TPSA) is 99.4 Å². The lowest BCUT2D eigenvalue weighted by atomic mass is 9.91. The number of aromatic nitrogens is 3. The van der Waals surface area contributed by atoms with E-state index in [1.165, 1.54) is 7.11 Å². The molecule has 1 atom stereocenters. The Hall–Kier alpha value is -2.48. The number of carbonyl (C=O) groups is 1. The monoisotopic (exact) mass is 360 g/mol. The zero-order valence-corrected chi connectivity index (χ0v) is 15.3. The van der Waals surface area contributed by atoms with Crippen LogP contribution in [-0.2, 0) is 4.74 Å². The van der Waals surface area contributed by atoms with Gasteiger partial charge in [-0.2, -0.15) is 4.98 Å². The number of hydrogen-bond acceptors (Lipinski definition) is 7. The van der Waals surface area contributed by atoms with Crippen LogP contribution in [0, 0.1) is 5.92 Å². The number of ether oxygens (including phenoxy) is 2. The van der Waals surface area contributed by atoms with Gasteiger partial charge in [-0.25, -0.2) is 4.98 Å². The molecule has 3 rings (SSSR count). The van der Waals surface area contributed by atoms with Crippen LogP contribution >= 0.6 is 0 Å². The minimum atomic E-state index is -0.378. The molecule has 3 heterocycles. The van der Waals surface area contributed by atoms with Crippen molar-refractivity contribution >= 4 is 5.91 Å². The summed E-state index contributed by atoms with van der Waals surface area (Å²) >= 11 is 0. The van der Waals surface area contributed by atoms with Crippen molar-refractivity contribution in [2.45, 2.75) is 38.6 Å². The van der Waals surface area contributed by atoms with E-state index in [0.29, 0.717) is 30.5 Å². The first-order chi connectivity index (χ1) is 12.6. The third kappa shape index (κ3) is 4.01. The van der Waals surface area contributed by atoms with Gasteiger partial charge < -0.3 is 19.3 Å². The van der Waals surface area contributed by atoms with Crippen molar-refractivity contribution in [1.29, 1.82) is 0 Å². The Bertz CT molecular complexity index is 740. The lowest BCUT2D eigenvalue weighted by Crippen LogP contribution is -2.36. The second-order valence-electron chi connectivity index (χ2n) is 6.61. The van der Waals surface area contributed by atoms with E-state index in [9.17, 15) is 4.79 Å². The van der Waals surface area contributed by atoms with E-state index in [0.717, 1.165) is 12.8 Å². The second-order valence-corrected chi connectivity index (χ2v) is 6.61. The Morgan fingerprint density at radius 1 is 1.35 bits per heavy atom. The van der Waals surface area contributed by atoms with Gasteiger partial charge in [0, 0.05) is 25.3 Å². The van der Waals surface area contributed by atoms with E-state index in [1.807, 2.05) is 13.8 Å². The minimum absolute atomic E-state index is 0.150. The van der Waals surface area contributed by atoms with E-state index in [4.69, 9.17) is 14.0 Å². The van der Waals surface area contributed by atoms with Gasteiger partial charge in [0.15, 0.2) is 5.82 Å². The summed E-state index contributed by atoms with van der Waals surface area (Å²) < 4.78 is 16.1. The molecule has 2 aromatic heterocycles. The van der Waals surface area contributed by atoms with Crippen molar-refractivity contribution in [3.8, 4) is 5.88 Å². The molecule has 0 aromatic carbocycles. The number of amides is 1. The average Bonchev–Trinajstić information content (AvgIpc) is 3.16. The van der Waals surface area contributed by atoms with Gasteiger partial charge in [0.2, 0.25) is 11.8 Å². The van der Waals surface area contributed by atoms with Gasteiger partial charge in [0.05, 0.1) is 7.11 Å². The minimum Gasteiger partial charge on any atom is -0.480 e. The van der Waals surface area contributed by atoms with Crippen LogP contribution < -0.4 is 10.1 Å². The molecule has 8 nitrogen and oxygen atoms in total. The smallest absolute Gasteiger partial charge is 0.257 e. The molecule has 1 aliphatic heterocycles. The molecule has 0 aliphatic carbocycles. The third-order valence-corrected chi connectivity index (χ3v) is 4.47. The maximum Gasteiger partial charge on any atom is 0.257 e. The van der Waals surface area contributed by atoms with Crippen LogP contribution in [0.4, 0.5) is 0 Å².